The topological polar surface area (TPSA) is 9.23 Å². The van der Waals surface area contributed by atoms with Crippen molar-refractivity contribution in [3.05, 3.63) is 48.0 Å². The van der Waals surface area contributed by atoms with E-state index >= 15 is 0 Å². The Morgan fingerprint density at radius 3 is 2.74 bits per heavy atom. The van der Waals surface area contributed by atoms with Crippen LogP contribution in [0, 0.1) is 16.7 Å². The Morgan fingerprint density at radius 1 is 1.26 bits per heavy atom. The molecule has 1 aliphatic heterocycles. The zero-order valence-corrected chi connectivity index (χ0v) is 16.6. The molecule has 1 aromatic rings. The predicted octanol–water partition coefficient (Wildman–Crippen LogP) is 5.69. The number of benzene rings is 1. The summed E-state index contributed by atoms with van der Waals surface area (Å²) < 4.78 is 6.56. The van der Waals surface area contributed by atoms with E-state index in [-0.39, 0.29) is 0 Å². The Bertz CT molecular complexity index is 613. The first-order valence-corrected chi connectivity index (χ1v) is 14.2. The van der Waals surface area contributed by atoms with E-state index in [2.05, 4.69) is 56.3 Å². The summed E-state index contributed by atoms with van der Waals surface area (Å²) in [6.07, 6.45) is 10.00. The Labute approximate surface area is 147 Å². The van der Waals surface area contributed by atoms with E-state index in [1.54, 1.807) is 0 Å². The standard InChI is InChI=1S/C20H27ClOSe/c1-19(2)17-11-12-20(19)15-23(21,22-18(20)14-17)13-7-6-10-16-8-4-3-5-9-16/h3-9,17-18H,10-15H2,1-2H3/b7-6+. The Hall–Kier alpha value is -0.271. The van der Waals surface area contributed by atoms with Gasteiger partial charge in [-0.05, 0) is 0 Å². The Kier molecular flexibility index (Phi) is 3.97. The molecule has 4 atom stereocenters. The number of rotatable bonds is 4. The molecule has 2 aliphatic carbocycles. The van der Waals surface area contributed by atoms with Crippen molar-refractivity contribution in [3.8, 4) is 0 Å². The monoisotopic (exact) mass is 398 g/mol. The molecule has 0 aromatic heterocycles. The zero-order chi connectivity index (χ0) is 16.1. The molecule has 0 amide bonds. The molecule has 1 spiro atoms. The van der Waals surface area contributed by atoms with Gasteiger partial charge < -0.3 is 0 Å². The van der Waals surface area contributed by atoms with Crippen molar-refractivity contribution in [3.63, 3.8) is 0 Å². The van der Waals surface area contributed by atoms with E-state index in [9.17, 15) is 0 Å². The van der Waals surface area contributed by atoms with Gasteiger partial charge in [0.1, 0.15) is 0 Å². The van der Waals surface area contributed by atoms with Crippen LogP contribution in [-0.2, 0) is 10.2 Å². The first kappa shape index (κ1) is 16.2. The average Bonchev–Trinajstić information content (AvgIpc) is 3.04. The summed E-state index contributed by atoms with van der Waals surface area (Å²) in [6, 6.07) is 10.6. The number of allylic oxidation sites excluding steroid dienone is 2. The summed E-state index contributed by atoms with van der Waals surface area (Å²) in [7, 11) is 7.05. The normalized spacial score (nSPS) is 43.6. The van der Waals surface area contributed by atoms with E-state index in [0.29, 0.717) is 16.9 Å². The van der Waals surface area contributed by atoms with E-state index in [4.69, 9.17) is 13.9 Å². The van der Waals surface area contributed by atoms with Gasteiger partial charge in [-0.15, -0.1) is 0 Å². The van der Waals surface area contributed by atoms with Gasteiger partial charge in [-0.1, -0.05) is 0 Å². The number of hydrogen-bond donors (Lipinski definition) is 0. The molecule has 4 unspecified atom stereocenters. The molecule has 126 valence electrons. The molecular formula is C20H27ClOSe. The maximum atomic E-state index is 7.05. The first-order valence-electron chi connectivity index (χ1n) is 8.81. The molecule has 4 rings (SSSR count). The second-order valence-corrected chi connectivity index (χ2v) is 15.8. The minimum absolute atomic E-state index is 0.396. The Balaban J connectivity index is 1.41. The third kappa shape index (κ3) is 2.54. The molecule has 23 heavy (non-hydrogen) atoms. The molecule has 1 aromatic carbocycles. The summed E-state index contributed by atoms with van der Waals surface area (Å²) in [5, 5.41) is 2.15. The van der Waals surface area contributed by atoms with Gasteiger partial charge in [0, 0.05) is 0 Å². The molecule has 3 fully saturated rings. The Morgan fingerprint density at radius 2 is 2.04 bits per heavy atom. The fourth-order valence-corrected chi connectivity index (χ4v) is 13.0. The van der Waals surface area contributed by atoms with Crippen molar-refractivity contribution in [1.82, 2.24) is 0 Å². The van der Waals surface area contributed by atoms with Crippen LogP contribution in [0.25, 0.3) is 0 Å². The van der Waals surface area contributed by atoms with E-state index in [0.717, 1.165) is 17.7 Å². The van der Waals surface area contributed by atoms with Crippen molar-refractivity contribution in [1.29, 1.82) is 0 Å². The molecule has 3 aliphatic rings. The van der Waals surface area contributed by atoms with Gasteiger partial charge in [0.05, 0.1) is 0 Å². The van der Waals surface area contributed by atoms with Crippen LogP contribution in [0.3, 0.4) is 0 Å². The number of hydrogen-bond acceptors (Lipinski definition) is 1. The fourth-order valence-electron chi connectivity index (χ4n) is 5.25. The van der Waals surface area contributed by atoms with Gasteiger partial charge in [0.15, 0.2) is 0 Å². The summed E-state index contributed by atoms with van der Waals surface area (Å²) in [6.45, 7) is 4.94. The quantitative estimate of drug-likeness (QED) is 0.468. The molecule has 2 bridgehead atoms. The third-order valence-electron chi connectivity index (χ3n) is 6.83. The summed E-state index contributed by atoms with van der Waals surface area (Å²) in [4.78, 5) is 0. The van der Waals surface area contributed by atoms with Crippen molar-refractivity contribution in [2.24, 2.45) is 16.7 Å². The SMILES string of the molecule is CC1(C)C2CCC13C[Se](Cl)(C/C=C/Cc1ccccc1)OC3C2. The molecule has 0 N–H and O–H groups in total. The van der Waals surface area contributed by atoms with E-state index in [1.165, 1.54) is 30.1 Å². The minimum atomic E-state index is -2.29. The molecule has 1 nitrogen and oxygen atoms in total. The molecule has 3 heteroatoms. The molecule has 1 saturated heterocycles. The van der Waals surface area contributed by atoms with E-state index < -0.39 is 12.3 Å². The molecule has 0 radical (unpaired) electrons. The first-order chi connectivity index (χ1) is 11.0. The van der Waals surface area contributed by atoms with E-state index in [1.807, 2.05) is 0 Å². The van der Waals surface area contributed by atoms with Crippen LogP contribution in [0.5, 0.6) is 0 Å². The zero-order valence-electron chi connectivity index (χ0n) is 14.1. The average molecular weight is 398 g/mol. The second-order valence-electron chi connectivity index (χ2n) is 8.13. The third-order valence-corrected chi connectivity index (χ3v) is 13.1. The summed E-state index contributed by atoms with van der Waals surface area (Å²) >= 11 is -2.29. The fraction of sp³-hybridized carbons (Fsp3) is 0.600. The van der Waals surface area contributed by atoms with Crippen LogP contribution in [0.1, 0.15) is 38.7 Å². The number of halogens is 1. The van der Waals surface area contributed by atoms with Crippen LogP contribution in [0.2, 0.25) is 10.6 Å². The van der Waals surface area contributed by atoms with Gasteiger partial charge in [0.2, 0.25) is 0 Å². The molecule has 2 saturated carbocycles. The van der Waals surface area contributed by atoms with Gasteiger partial charge >= 0.3 is 147 Å². The number of fused-ring (bicyclic) bond motifs is 1. The van der Waals surface area contributed by atoms with Gasteiger partial charge in [-0.2, -0.15) is 0 Å². The van der Waals surface area contributed by atoms with Crippen LogP contribution in [-0.4, -0.2) is 18.4 Å². The van der Waals surface area contributed by atoms with Gasteiger partial charge in [-0.25, -0.2) is 0 Å². The summed E-state index contributed by atoms with van der Waals surface area (Å²) in [5.74, 6) is 0.860. The van der Waals surface area contributed by atoms with Crippen molar-refractivity contribution in [2.45, 2.75) is 56.3 Å². The van der Waals surface area contributed by atoms with Crippen LogP contribution < -0.4 is 0 Å². The van der Waals surface area contributed by atoms with Crippen molar-refractivity contribution >= 4 is 22.4 Å². The van der Waals surface area contributed by atoms with Gasteiger partial charge in [0.25, 0.3) is 0 Å². The van der Waals surface area contributed by atoms with Crippen LogP contribution in [0.15, 0.2) is 42.5 Å². The second kappa shape index (κ2) is 5.63. The summed E-state index contributed by atoms with van der Waals surface area (Å²) in [5.41, 5.74) is 2.19. The van der Waals surface area contributed by atoms with Crippen molar-refractivity contribution < 1.29 is 3.82 Å². The van der Waals surface area contributed by atoms with Crippen LogP contribution >= 0.6 is 10.1 Å². The van der Waals surface area contributed by atoms with Crippen molar-refractivity contribution in [2.75, 3.05) is 0 Å². The van der Waals surface area contributed by atoms with Crippen LogP contribution in [0.4, 0.5) is 0 Å². The molecule has 1 heterocycles. The predicted molar refractivity (Wildman–Crippen MR) is 98.9 cm³/mol. The van der Waals surface area contributed by atoms with Gasteiger partial charge in [-0.3, -0.25) is 0 Å². The maximum absolute atomic E-state index is 7.05. The molecular weight excluding hydrogens is 371 g/mol.